The van der Waals surface area contributed by atoms with Crippen LogP contribution in [0.4, 0.5) is 5.95 Å². The Morgan fingerprint density at radius 3 is 3.00 bits per heavy atom. The molecule has 3 N–H and O–H groups in total. The van der Waals surface area contributed by atoms with E-state index < -0.39 is 0 Å². The van der Waals surface area contributed by atoms with Crippen LogP contribution >= 0.6 is 0 Å². The molecule has 14 heavy (non-hydrogen) atoms. The number of anilines is 1. The Balaban J connectivity index is 1.95. The third-order valence-corrected chi connectivity index (χ3v) is 2.43. The number of aromatic amines is 1. The van der Waals surface area contributed by atoms with Gasteiger partial charge in [0.1, 0.15) is 0 Å². The second-order valence-electron chi connectivity index (χ2n) is 3.47. The van der Waals surface area contributed by atoms with Crippen molar-refractivity contribution in [3.63, 3.8) is 0 Å². The summed E-state index contributed by atoms with van der Waals surface area (Å²) in [6.45, 7) is 3.63. The quantitative estimate of drug-likeness (QED) is 0.563. The molecular weight excluding hydrogens is 184 g/mol. The van der Waals surface area contributed by atoms with Gasteiger partial charge in [0.2, 0.25) is 5.91 Å². The van der Waals surface area contributed by atoms with Crippen molar-refractivity contribution in [2.45, 2.75) is 6.92 Å². The number of amides is 1. The lowest BCUT2D eigenvalue weighted by molar-refractivity contribution is -0.120. The number of nitrogens with zero attached hydrogens (tertiary/aromatic N) is 3. The summed E-state index contributed by atoms with van der Waals surface area (Å²) in [5.41, 5.74) is 0. The fraction of sp³-hybridized carbons (Fsp3) is 0.714. The molecule has 76 valence electrons. The van der Waals surface area contributed by atoms with Crippen LogP contribution < -0.4 is 10.6 Å². The molecule has 2 unspecified atom stereocenters. The second kappa shape index (κ2) is 3.70. The highest BCUT2D eigenvalue weighted by molar-refractivity contribution is 5.91. The summed E-state index contributed by atoms with van der Waals surface area (Å²) in [6, 6.07) is 0. The molecule has 2 heterocycles. The average molecular weight is 196 g/mol. The zero-order valence-corrected chi connectivity index (χ0v) is 7.82. The Morgan fingerprint density at radius 1 is 1.57 bits per heavy atom. The minimum absolute atomic E-state index is 0.00602. The van der Waals surface area contributed by atoms with Crippen LogP contribution in [-0.4, -0.2) is 39.6 Å². The number of H-pyrrole nitrogens is 1. The van der Waals surface area contributed by atoms with Gasteiger partial charge in [-0.2, -0.15) is 5.21 Å². The number of hydrogen-bond donors (Lipinski definition) is 3. The van der Waals surface area contributed by atoms with Crippen molar-refractivity contribution in [3.8, 4) is 0 Å². The lowest BCUT2D eigenvalue weighted by Crippen LogP contribution is -2.28. The van der Waals surface area contributed by atoms with Gasteiger partial charge < -0.3 is 5.32 Å². The normalized spacial score (nSPS) is 26.4. The van der Waals surface area contributed by atoms with Crippen molar-refractivity contribution in [2.75, 3.05) is 18.4 Å². The maximum atomic E-state index is 11.7. The molecule has 7 nitrogen and oxygen atoms in total. The summed E-state index contributed by atoms with van der Waals surface area (Å²) in [7, 11) is 0. The summed E-state index contributed by atoms with van der Waals surface area (Å²) in [5.74, 6) is 0.522. The van der Waals surface area contributed by atoms with Crippen molar-refractivity contribution in [2.24, 2.45) is 11.8 Å². The molecule has 0 aliphatic carbocycles. The van der Waals surface area contributed by atoms with Crippen LogP contribution in [0.15, 0.2) is 0 Å². The maximum Gasteiger partial charge on any atom is 0.269 e. The van der Waals surface area contributed by atoms with E-state index in [9.17, 15) is 4.79 Å². The fourth-order valence-corrected chi connectivity index (χ4v) is 1.58. The molecule has 0 spiro atoms. The third-order valence-electron chi connectivity index (χ3n) is 2.43. The van der Waals surface area contributed by atoms with Crippen LogP contribution in [0.5, 0.6) is 0 Å². The number of nitrogens with one attached hydrogen (secondary N) is 3. The molecule has 1 amide bonds. The molecule has 7 heteroatoms. The molecule has 2 rings (SSSR count). The SMILES string of the molecule is CC1CNCC1C(=O)Nc1nn[nH]n1. The lowest BCUT2D eigenvalue weighted by Gasteiger charge is -2.11. The minimum Gasteiger partial charge on any atom is -0.316 e. The van der Waals surface area contributed by atoms with Gasteiger partial charge in [0.25, 0.3) is 5.95 Å². The van der Waals surface area contributed by atoms with Crippen molar-refractivity contribution in [3.05, 3.63) is 0 Å². The Morgan fingerprint density at radius 2 is 2.43 bits per heavy atom. The Kier molecular flexibility index (Phi) is 2.40. The summed E-state index contributed by atoms with van der Waals surface area (Å²) < 4.78 is 0. The smallest absolute Gasteiger partial charge is 0.269 e. The standard InChI is InChI=1S/C7H12N6O/c1-4-2-8-3-5(4)6(14)9-7-10-12-13-11-7/h4-5,8H,2-3H2,1H3,(H2,9,10,11,12,13,14). The second-order valence-corrected chi connectivity index (χ2v) is 3.47. The molecule has 0 bridgehead atoms. The van der Waals surface area contributed by atoms with E-state index in [1.165, 1.54) is 0 Å². The molecule has 0 radical (unpaired) electrons. The largest absolute Gasteiger partial charge is 0.316 e. The molecule has 1 aliphatic rings. The van der Waals surface area contributed by atoms with Crippen LogP contribution in [0.1, 0.15) is 6.92 Å². The topological polar surface area (TPSA) is 95.6 Å². The van der Waals surface area contributed by atoms with E-state index in [2.05, 4.69) is 31.3 Å². The van der Waals surface area contributed by atoms with Gasteiger partial charge in [0, 0.05) is 6.54 Å². The predicted molar refractivity (Wildman–Crippen MR) is 48.3 cm³/mol. The summed E-state index contributed by atoms with van der Waals surface area (Å²) in [4.78, 5) is 11.7. The number of hydrogen-bond acceptors (Lipinski definition) is 5. The number of carbonyl (C=O) groups excluding carboxylic acids is 1. The molecule has 1 aromatic heterocycles. The van der Waals surface area contributed by atoms with Gasteiger partial charge >= 0.3 is 0 Å². The molecule has 0 saturated carbocycles. The average Bonchev–Trinajstić information content (AvgIpc) is 2.75. The van der Waals surface area contributed by atoms with Crippen molar-refractivity contribution in [1.82, 2.24) is 25.9 Å². The van der Waals surface area contributed by atoms with Gasteiger partial charge in [-0.25, -0.2) is 0 Å². The van der Waals surface area contributed by atoms with Crippen LogP contribution in [0.2, 0.25) is 0 Å². The predicted octanol–water partition coefficient (Wildman–Crippen LogP) is -1.01. The Labute approximate surface area is 80.6 Å². The molecule has 1 saturated heterocycles. The van der Waals surface area contributed by atoms with Crippen molar-refractivity contribution >= 4 is 11.9 Å². The number of tetrazole rings is 1. The van der Waals surface area contributed by atoms with E-state index in [0.717, 1.165) is 6.54 Å². The van der Waals surface area contributed by atoms with E-state index in [1.807, 2.05) is 6.92 Å². The first-order chi connectivity index (χ1) is 6.77. The number of aromatic nitrogens is 4. The summed E-state index contributed by atoms with van der Waals surface area (Å²) >= 11 is 0. The minimum atomic E-state index is -0.0519. The molecule has 0 aromatic carbocycles. The zero-order chi connectivity index (χ0) is 9.97. The van der Waals surface area contributed by atoms with Gasteiger partial charge in [0.05, 0.1) is 5.92 Å². The highest BCUT2D eigenvalue weighted by Gasteiger charge is 2.29. The first-order valence-electron chi connectivity index (χ1n) is 4.52. The van der Waals surface area contributed by atoms with E-state index >= 15 is 0 Å². The van der Waals surface area contributed by atoms with Gasteiger partial charge in [-0.3, -0.25) is 10.1 Å². The van der Waals surface area contributed by atoms with Crippen molar-refractivity contribution in [1.29, 1.82) is 0 Å². The summed E-state index contributed by atoms with van der Waals surface area (Å²) in [5, 5.41) is 18.7. The van der Waals surface area contributed by atoms with E-state index in [-0.39, 0.29) is 17.8 Å². The Bertz CT molecular complexity index is 310. The first kappa shape index (κ1) is 9.07. The van der Waals surface area contributed by atoms with E-state index in [4.69, 9.17) is 0 Å². The van der Waals surface area contributed by atoms with Gasteiger partial charge in [-0.1, -0.05) is 12.0 Å². The van der Waals surface area contributed by atoms with Crippen LogP contribution in [0, 0.1) is 11.8 Å². The van der Waals surface area contributed by atoms with Crippen LogP contribution in [0.3, 0.4) is 0 Å². The fourth-order valence-electron chi connectivity index (χ4n) is 1.58. The van der Waals surface area contributed by atoms with Gasteiger partial charge in [-0.05, 0) is 17.7 Å². The number of rotatable bonds is 2. The molecule has 1 aromatic rings. The third kappa shape index (κ3) is 1.72. The van der Waals surface area contributed by atoms with Crippen LogP contribution in [0.25, 0.3) is 0 Å². The molecule has 2 atom stereocenters. The first-order valence-corrected chi connectivity index (χ1v) is 4.52. The highest BCUT2D eigenvalue weighted by atomic mass is 16.2. The number of carbonyl (C=O) groups is 1. The maximum absolute atomic E-state index is 11.7. The highest BCUT2D eigenvalue weighted by Crippen LogP contribution is 2.16. The molecular formula is C7H12N6O. The monoisotopic (exact) mass is 196 g/mol. The van der Waals surface area contributed by atoms with Crippen LogP contribution in [-0.2, 0) is 4.79 Å². The summed E-state index contributed by atoms with van der Waals surface area (Å²) in [6.07, 6.45) is 0. The molecule has 1 fully saturated rings. The lowest BCUT2D eigenvalue weighted by atomic mass is 9.97. The molecule has 1 aliphatic heterocycles. The zero-order valence-electron chi connectivity index (χ0n) is 7.82. The Hall–Kier alpha value is -1.50. The van der Waals surface area contributed by atoms with E-state index in [1.54, 1.807) is 0 Å². The van der Waals surface area contributed by atoms with Gasteiger partial charge in [0.15, 0.2) is 0 Å². The van der Waals surface area contributed by atoms with Gasteiger partial charge in [-0.15, -0.1) is 5.10 Å². The van der Waals surface area contributed by atoms with E-state index in [0.29, 0.717) is 12.5 Å². The van der Waals surface area contributed by atoms with Crippen molar-refractivity contribution < 1.29 is 4.79 Å².